The topological polar surface area (TPSA) is 44.4 Å². The number of hydrogen-bond donors (Lipinski definition) is 2. The third-order valence-electron chi connectivity index (χ3n) is 4.33. The van der Waals surface area contributed by atoms with Crippen molar-refractivity contribution in [1.29, 1.82) is 0 Å². The van der Waals surface area contributed by atoms with Crippen LogP contribution in [0.4, 0.5) is 11.4 Å². The minimum atomic E-state index is 0.175. The zero-order chi connectivity index (χ0) is 19.9. The molecule has 0 atom stereocenters. The molecule has 0 unspecified atom stereocenters. The molecule has 1 aliphatic rings. The van der Waals surface area contributed by atoms with Gasteiger partial charge in [-0.05, 0) is 54.5 Å². The molecular formula is C20H21Cl2N3OS2. The van der Waals surface area contributed by atoms with E-state index >= 15 is 0 Å². The normalized spacial score (nSPS) is 13.6. The van der Waals surface area contributed by atoms with Gasteiger partial charge in [-0.1, -0.05) is 35.3 Å². The van der Waals surface area contributed by atoms with Crippen molar-refractivity contribution in [2.75, 3.05) is 29.1 Å². The number of thioether (sulfide) groups is 1. The van der Waals surface area contributed by atoms with Crippen molar-refractivity contribution >= 4 is 69.6 Å². The fourth-order valence-electron chi connectivity index (χ4n) is 2.93. The van der Waals surface area contributed by atoms with Gasteiger partial charge < -0.3 is 15.5 Å². The van der Waals surface area contributed by atoms with Gasteiger partial charge in [0.25, 0.3) is 0 Å². The summed E-state index contributed by atoms with van der Waals surface area (Å²) in [6, 6.07) is 13.3. The predicted molar refractivity (Wildman–Crippen MR) is 125 cm³/mol. The van der Waals surface area contributed by atoms with Gasteiger partial charge in [-0.15, -0.1) is 0 Å². The van der Waals surface area contributed by atoms with Crippen LogP contribution in [0, 0.1) is 0 Å². The van der Waals surface area contributed by atoms with Gasteiger partial charge >= 0.3 is 0 Å². The van der Waals surface area contributed by atoms with Crippen LogP contribution < -0.4 is 15.5 Å². The second kappa shape index (κ2) is 10.3. The molecule has 0 aromatic heterocycles. The molecule has 0 bridgehead atoms. The number of anilines is 2. The molecule has 148 valence electrons. The van der Waals surface area contributed by atoms with Gasteiger partial charge in [-0.3, -0.25) is 4.79 Å². The summed E-state index contributed by atoms with van der Waals surface area (Å²) >= 11 is 19.5. The van der Waals surface area contributed by atoms with Crippen molar-refractivity contribution in [2.24, 2.45) is 0 Å². The van der Waals surface area contributed by atoms with Crippen molar-refractivity contribution in [3.63, 3.8) is 0 Å². The van der Waals surface area contributed by atoms with E-state index in [1.807, 2.05) is 47.4 Å². The highest BCUT2D eigenvalue weighted by Crippen LogP contribution is 2.28. The van der Waals surface area contributed by atoms with Crippen LogP contribution in [0.15, 0.2) is 42.5 Å². The van der Waals surface area contributed by atoms with Gasteiger partial charge in [0, 0.05) is 52.4 Å². The molecule has 3 rings (SSSR count). The number of carbonyl (C=O) groups excluding carboxylic acids is 1. The smallest absolute Gasteiger partial charge is 0.227 e. The zero-order valence-electron chi connectivity index (χ0n) is 15.2. The predicted octanol–water partition coefficient (Wildman–Crippen LogP) is 5.34. The fraction of sp³-hybridized carbons (Fsp3) is 0.300. The number of benzene rings is 2. The van der Waals surface area contributed by atoms with E-state index in [2.05, 4.69) is 10.6 Å². The highest BCUT2D eigenvalue weighted by Gasteiger charge is 2.21. The number of carbonyl (C=O) groups is 1. The van der Waals surface area contributed by atoms with Gasteiger partial charge in [0.15, 0.2) is 5.11 Å². The van der Waals surface area contributed by atoms with Crippen LogP contribution in [-0.2, 0) is 10.5 Å². The maximum Gasteiger partial charge on any atom is 0.227 e. The number of thiocarbonyl (C=S) groups is 1. The van der Waals surface area contributed by atoms with Crippen LogP contribution in [0.1, 0.15) is 18.4 Å². The van der Waals surface area contributed by atoms with E-state index in [0.717, 1.165) is 48.0 Å². The molecule has 2 aromatic rings. The molecular weight excluding hydrogens is 433 g/mol. The molecule has 2 N–H and O–H groups in total. The molecule has 1 fully saturated rings. The maximum atomic E-state index is 11.9. The highest BCUT2D eigenvalue weighted by atomic mass is 35.5. The minimum Gasteiger partial charge on any atom is -0.362 e. The summed E-state index contributed by atoms with van der Waals surface area (Å²) in [6.45, 7) is 1.50. The first kappa shape index (κ1) is 21.2. The quantitative estimate of drug-likeness (QED) is 0.437. The number of nitrogens with one attached hydrogen (secondary N) is 2. The molecule has 2 aromatic carbocycles. The number of nitrogens with zero attached hydrogens (tertiary/aromatic N) is 1. The third-order valence-corrected chi connectivity index (χ3v) is 6.27. The highest BCUT2D eigenvalue weighted by molar-refractivity contribution is 7.98. The summed E-state index contributed by atoms with van der Waals surface area (Å²) in [5.41, 5.74) is 2.73. The largest absolute Gasteiger partial charge is 0.362 e. The Bertz CT molecular complexity index is 843. The molecule has 28 heavy (non-hydrogen) atoms. The van der Waals surface area contributed by atoms with Crippen LogP contribution in [0.3, 0.4) is 0 Å². The summed E-state index contributed by atoms with van der Waals surface area (Å²) in [6.07, 6.45) is 1.53. The first-order chi connectivity index (χ1) is 13.5. The average molecular weight is 454 g/mol. The molecule has 4 nitrogen and oxygen atoms in total. The summed E-state index contributed by atoms with van der Waals surface area (Å²) in [4.78, 5) is 13.7. The van der Waals surface area contributed by atoms with Crippen molar-refractivity contribution in [3.05, 3.63) is 58.1 Å². The lowest BCUT2D eigenvalue weighted by molar-refractivity contribution is -0.117. The van der Waals surface area contributed by atoms with E-state index in [4.69, 9.17) is 35.4 Å². The molecule has 1 heterocycles. The monoisotopic (exact) mass is 453 g/mol. The second-order valence-corrected chi connectivity index (χ2v) is 8.66. The molecule has 0 aliphatic carbocycles. The number of halogens is 2. The standard InChI is InChI=1S/C20H21Cl2N3OS2/c21-17-6-2-7-18(22)16(17)13-28-11-9-23-20(27)24-14-4-1-5-15(12-14)25-10-3-8-19(25)26/h1-2,4-7,12H,3,8-11,13H2,(H2,23,24,27). The van der Waals surface area contributed by atoms with E-state index < -0.39 is 0 Å². The van der Waals surface area contributed by atoms with Crippen LogP contribution in [0.25, 0.3) is 0 Å². The van der Waals surface area contributed by atoms with E-state index in [0.29, 0.717) is 21.6 Å². The lowest BCUT2D eigenvalue weighted by Gasteiger charge is -2.17. The lowest BCUT2D eigenvalue weighted by atomic mass is 10.2. The average Bonchev–Trinajstić information content (AvgIpc) is 3.10. The molecule has 0 spiro atoms. The first-order valence-corrected chi connectivity index (χ1v) is 11.3. The molecule has 1 saturated heterocycles. The van der Waals surface area contributed by atoms with Gasteiger partial charge in [0.2, 0.25) is 5.91 Å². The van der Waals surface area contributed by atoms with Gasteiger partial charge in [0.05, 0.1) is 0 Å². The maximum absolute atomic E-state index is 11.9. The van der Waals surface area contributed by atoms with E-state index in [9.17, 15) is 4.79 Å². The van der Waals surface area contributed by atoms with Gasteiger partial charge in [-0.25, -0.2) is 0 Å². The Hall–Kier alpha value is -1.47. The van der Waals surface area contributed by atoms with E-state index in [-0.39, 0.29) is 5.91 Å². The van der Waals surface area contributed by atoms with Crippen LogP contribution in [0.2, 0.25) is 10.0 Å². The third kappa shape index (κ3) is 5.77. The Morgan fingerprint density at radius 1 is 1.18 bits per heavy atom. The Morgan fingerprint density at radius 3 is 2.64 bits per heavy atom. The van der Waals surface area contributed by atoms with Crippen LogP contribution in [-0.4, -0.2) is 29.9 Å². The van der Waals surface area contributed by atoms with Crippen molar-refractivity contribution in [2.45, 2.75) is 18.6 Å². The second-order valence-electron chi connectivity index (χ2n) is 6.33. The molecule has 0 radical (unpaired) electrons. The SMILES string of the molecule is O=C1CCCN1c1cccc(NC(=S)NCCSCc2c(Cl)cccc2Cl)c1. The first-order valence-electron chi connectivity index (χ1n) is 9.00. The van der Waals surface area contributed by atoms with Crippen molar-refractivity contribution < 1.29 is 4.79 Å². The molecule has 1 amide bonds. The Kier molecular flexibility index (Phi) is 7.85. The summed E-state index contributed by atoms with van der Waals surface area (Å²) < 4.78 is 0. The molecule has 0 saturated carbocycles. The lowest BCUT2D eigenvalue weighted by Crippen LogP contribution is -2.30. The Labute approximate surface area is 185 Å². The van der Waals surface area contributed by atoms with Crippen molar-refractivity contribution in [1.82, 2.24) is 5.32 Å². The Balaban J connectivity index is 1.42. The number of rotatable bonds is 7. The fourth-order valence-corrected chi connectivity index (χ4v) is 4.74. The summed E-state index contributed by atoms with van der Waals surface area (Å²) in [5.74, 6) is 1.80. The summed E-state index contributed by atoms with van der Waals surface area (Å²) in [5, 5.41) is 8.32. The van der Waals surface area contributed by atoms with Gasteiger partial charge in [0.1, 0.15) is 0 Å². The minimum absolute atomic E-state index is 0.175. The molecule has 8 heteroatoms. The van der Waals surface area contributed by atoms with E-state index in [1.54, 1.807) is 11.8 Å². The Morgan fingerprint density at radius 2 is 1.93 bits per heavy atom. The van der Waals surface area contributed by atoms with Crippen molar-refractivity contribution in [3.8, 4) is 0 Å². The summed E-state index contributed by atoms with van der Waals surface area (Å²) in [7, 11) is 0. The number of hydrogen-bond acceptors (Lipinski definition) is 3. The zero-order valence-corrected chi connectivity index (χ0v) is 18.4. The number of amides is 1. The van der Waals surface area contributed by atoms with E-state index in [1.165, 1.54) is 0 Å². The molecule has 1 aliphatic heterocycles. The van der Waals surface area contributed by atoms with Gasteiger partial charge in [-0.2, -0.15) is 11.8 Å². The van der Waals surface area contributed by atoms with Crippen LogP contribution in [0.5, 0.6) is 0 Å². The van der Waals surface area contributed by atoms with Crippen LogP contribution >= 0.6 is 47.2 Å².